The fourth-order valence-corrected chi connectivity index (χ4v) is 0.645. The maximum absolute atomic E-state index is 11.2. The molecule has 0 heterocycles. The zero-order chi connectivity index (χ0) is 11.7. The summed E-state index contributed by atoms with van der Waals surface area (Å²) >= 11 is 0. The average molecular weight is 219 g/mol. The lowest BCUT2D eigenvalue weighted by Gasteiger charge is -2.12. The first-order valence-corrected chi connectivity index (χ1v) is 4.50. The van der Waals surface area contributed by atoms with Gasteiger partial charge in [0.1, 0.15) is 6.04 Å². The zero-order valence-corrected chi connectivity index (χ0v) is 9.12. The Hall–Kier alpha value is -1.18. The van der Waals surface area contributed by atoms with Crippen molar-refractivity contribution < 1.29 is 19.2 Å². The number of hydrogen-bond donors (Lipinski definition) is 3. The van der Waals surface area contributed by atoms with Crippen LogP contribution in [-0.4, -0.2) is 45.4 Å². The molecule has 0 saturated heterocycles. The van der Waals surface area contributed by atoms with Crippen LogP contribution in [0.2, 0.25) is 0 Å². The number of rotatable bonds is 6. The van der Waals surface area contributed by atoms with Gasteiger partial charge in [-0.25, -0.2) is 4.79 Å². The summed E-state index contributed by atoms with van der Waals surface area (Å²) in [5.74, 6) is -0.466. The minimum absolute atomic E-state index is 0.327. The Morgan fingerprint density at radius 1 is 1.33 bits per heavy atom. The van der Waals surface area contributed by atoms with Crippen molar-refractivity contribution in [2.75, 3.05) is 27.4 Å². The summed E-state index contributed by atoms with van der Waals surface area (Å²) in [6.07, 6.45) is 0. The first-order valence-electron chi connectivity index (χ1n) is 4.50. The number of carbonyl (C=O) groups is 2. The van der Waals surface area contributed by atoms with Crippen LogP contribution in [0.5, 0.6) is 0 Å². The summed E-state index contributed by atoms with van der Waals surface area (Å²) in [7, 11) is 2.97. The van der Waals surface area contributed by atoms with Crippen LogP contribution in [0.3, 0.4) is 0 Å². The van der Waals surface area contributed by atoms with E-state index < -0.39 is 18.0 Å². The van der Waals surface area contributed by atoms with E-state index in [9.17, 15) is 9.59 Å². The normalized spacial score (nSPS) is 11.9. The monoisotopic (exact) mass is 219 g/mol. The van der Waals surface area contributed by atoms with Gasteiger partial charge < -0.3 is 10.1 Å². The molecular formula is C8H17N3O4. The van der Waals surface area contributed by atoms with E-state index in [0.717, 1.165) is 0 Å². The van der Waals surface area contributed by atoms with E-state index in [1.807, 2.05) is 0 Å². The van der Waals surface area contributed by atoms with Gasteiger partial charge in [0, 0.05) is 14.2 Å². The highest BCUT2D eigenvalue weighted by Gasteiger charge is 2.14. The molecule has 0 rings (SSSR count). The molecule has 0 aromatic rings. The predicted octanol–water partition coefficient (Wildman–Crippen LogP) is -1.00. The van der Waals surface area contributed by atoms with Gasteiger partial charge in [0.15, 0.2) is 0 Å². The molecule has 0 aromatic carbocycles. The Bertz CT molecular complexity index is 210. The molecule has 7 nitrogen and oxygen atoms in total. The molecule has 0 aliphatic carbocycles. The largest absolute Gasteiger partial charge is 0.382 e. The van der Waals surface area contributed by atoms with E-state index in [1.54, 1.807) is 14.0 Å². The summed E-state index contributed by atoms with van der Waals surface area (Å²) in [6.45, 7) is 2.33. The van der Waals surface area contributed by atoms with Crippen molar-refractivity contribution in [2.24, 2.45) is 0 Å². The van der Waals surface area contributed by atoms with E-state index in [4.69, 9.17) is 9.57 Å². The maximum atomic E-state index is 11.2. The second kappa shape index (κ2) is 8.16. The number of carbonyl (C=O) groups excluding carboxylic acids is 2. The van der Waals surface area contributed by atoms with Gasteiger partial charge in [-0.2, -0.15) is 5.48 Å². The van der Waals surface area contributed by atoms with Crippen LogP contribution < -0.4 is 16.1 Å². The second-order valence-electron chi connectivity index (χ2n) is 2.75. The number of urea groups is 1. The highest BCUT2D eigenvalue weighted by Crippen LogP contribution is 1.82. The van der Waals surface area contributed by atoms with Gasteiger partial charge in [0.25, 0.3) is 0 Å². The van der Waals surface area contributed by atoms with Crippen molar-refractivity contribution in [1.29, 1.82) is 0 Å². The molecule has 0 aromatic heterocycles. The molecule has 3 N–H and O–H groups in total. The molecule has 0 aliphatic heterocycles. The van der Waals surface area contributed by atoms with Crippen LogP contribution in [0, 0.1) is 0 Å². The number of hydrogen-bond acceptors (Lipinski definition) is 5. The van der Waals surface area contributed by atoms with E-state index >= 15 is 0 Å². The van der Waals surface area contributed by atoms with Crippen LogP contribution >= 0.6 is 0 Å². The van der Waals surface area contributed by atoms with Crippen LogP contribution in [0.1, 0.15) is 6.92 Å². The summed E-state index contributed by atoms with van der Waals surface area (Å²) in [5, 5.41) is 4.38. The van der Waals surface area contributed by atoms with Crippen molar-refractivity contribution in [1.82, 2.24) is 16.1 Å². The molecule has 0 bridgehead atoms. The van der Waals surface area contributed by atoms with Gasteiger partial charge in [-0.3, -0.25) is 14.9 Å². The van der Waals surface area contributed by atoms with Crippen molar-refractivity contribution >= 4 is 11.9 Å². The Balaban J connectivity index is 3.64. The molecule has 0 spiro atoms. The molecule has 3 amide bonds. The maximum Gasteiger partial charge on any atom is 0.321 e. The molecule has 0 radical (unpaired) electrons. The fraction of sp³-hybridized carbons (Fsp3) is 0.750. The summed E-state index contributed by atoms with van der Waals surface area (Å²) in [5.41, 5.74) is 2.47. The van der Waals surface area contributed by atoms with Gasteiger partial charge in [-0.15, -0.1) is 0 Å². The van der Waals surface area contributed by atoms with Crippen molar-refractivity contribution in [3.63, 3.8) is 0 Å². The van der Waals surface area contributed by atoms with Crippen molar-refractivity contribution in [3.8, 4) is 0 Å². The molecule has 88 valence electrons. The molecule has 0 aliphatic rings. The van der Waals surface area contributed by atoms with E-state index in [-0.39, 0.29) is 0 Å². The summed E-state index contributed by atoms with van der Waals surface area (Å²) in [4.78, 5) is 26.9. The van der Waals surface area contributed by atoms with Crippen LogP contribution in [0.4, 0.5) is 4.79 Å². The highest BCUT2D eigenvalue weighted by atomic mass is 16.7. The van der Waals surface area contributed by atoms with E-state index in [2.05, 4.69) is 16.1 Å². The lowest BCUT2D eigenvalue weighted by Crippen LogP contribution is -2.47. The SMILES string of the molecule is CNC(=O)NC(=O)C(C)NOCCOC. The molecule has 0 saturated carbocycles. The van der Waals surface area contributed by atoms with Crippen LogP contribution in [0.15, 0.2) is 0 Å². The smallest absolute Gasteiger partial charge is 0.321 e. The minimum Gasteiger partial charge on any atom is -0.382 e. The Morgan fingerprint density at radius 3 is 2.53 bits per heavy atom. The number of imide groups is 1. The summed E-state index contributed by atoms with van der Waals surface area (Å²) < 4.78 is 4.74. The lowest BCUT2D eigenvalue weighted by molar-refractivity contribution is -0.126. The molecule has 1 atom stereocenters. The van der Waals surface area contributed by atoms with Gasteiger partial charge in [-0.1, -0.05) is 0 Å². The third kappa shape index (κ3) is 6.83. The fourth-order valence-electron chi connectivity index (χ4n) is 0.645. The Labute approximate surface area is 88.4 Å². The third-order valence-corrected chi connectivity index (χ3v) is 1.51. The van der Waals surface area contributed by atoms with Gasteiger partial charge >= 0.3 is 6.03 Å². The Kier molecular flexibility index (Phi) is 7.51. The van der Waals surface area contributed by atoms with Crippen molar-refractivity contribution in [3.05, 3.63) is 0 Å². The third-order valence-electron chi connectivity index (χ3n) is 1.51. The summed E-state index contributed by atoms with van der Waals surface area (Å²) in [6, 6.07) is -1.16. The topological polar surface area (TPSA) is 88.7 Å². The second-order valence-corrected chi connectivity index (χ2v) is 2.75. The van der Waals surface area contributed by atoms with Crippen LogP contribution in [-0.2, 0) is 14.4 Å². The minimum atomic E-state index is -0.612. The average Bonchev–Trinajstić information content (AvgIpc) is 2.23. The quantitative estimate of drug-likeness (QED) is 0.394. The molecule has 7 heteroatoms. The zero-order valence-electron chi connectivity index (χ0n) is 9.12. The molecule has 15 heavy (non-hydrogen) atoms. The van der Waals surface area contributed by atoms with Crippen LogP contribution in [0.25, 0.3) is 0 Å². The lowest BCUT2D eigenvalue weighted by atomic mass is 10.3. The highest BCUT2D eigenvalue weighted by molar-refractivity contribution is 5.96. The molecular weight excluding hydrogens is 202 g/mol. The van der Waals surface area contributed by atoms with Gasteiger partial charge in [-0.05, 0) is 6.92 Å². The first-order chi connectivity index (χ1) is 7.11. The number of amides is 3. The number of ether oxygens (including phenoxy) is 1. The number of methoxy groups -OCH3 is 1. The standard InChI is InChI=1S/C8H17N3O4/c1-6(11-15-5-4-14-3)7(12)10-8(13)9-2/h6,11H,4-5H2,1-3H3,(H2,9,10,12,13). The van der Waals surface area contributed by atoms with Gasteiger partial charge in [0.05, 0.1) is 13.2 Å². The number of nitrogens with one attached hydrogen (secondary N) is 3. The number of hydroxylamine groups is 1. The van der Waals surface area contributed by atoms with E-state index in [0.29, 0.717) is 13.2 Å². The molecule has 0 fully saturated rings. The van der Waals surface area contributed by atoms with E-state index in [1.165, 1.54) is 7.05 Å². The van der Waals surface area contributed by atoms with Crippen molar-refractivity contribution in [2.45, 2.75) is 13.0 Å². The van der Waals surface area contributed by atoms with Gasteiger partial charge in [0.2, 0.25) is 5.91 Å². The molecule has 1 unspecified atom stereocenters. The first kappa shape index (κ1) is 13.8. The predicted molar refractivity (Wildman–Crippen MR) is 53.0 cm³/mol. The Morgan fingerprint density at radius 2 is 2.00 bits per heavy atom.